The number of ether oxygens (including phenoxy) is 1. The van der Waals surface area contributed by atoms with Gasteiger partial charge in [0.25, 0.3) is 5.91 Å². The average molecular weight is 386 g/mol. The Morgan fingerprint density at radius 2 is 1.85 bits per heavy atom. The maximum atomic E-state index is 12.7. The van der Waals surface area contributed by atoms with Crippen LogP contribution in [0.2, 0.25) is 0 Å². The lowest BCUT2D eigenvalue weighted by atomic mass is 10.1. The van der Waals surface area contributed by atoms with E-state index in [9.17, 15) is 14.4 Å². The van der Waals surface area contributed by atoms with Gasteiger partial charge in [-0.1, -0.05) is 18.2 Å². The van der Waals surface area contributed by atoms with E-state index in [0.717, 1.165) is 4.88 Å². The molecule has 0 unspecified atom stereocenters. The minimum Gasteiger partial charge on any atom is -0.378 e. The summed E-state index contributed by atoms with van der Waals surface area (Å²) < 4.78 is 5.25. The van der Waals surface area contributed by atoms with Crippen LogP contribution in [0.1, 0.15) is 15.2 Å². The molecule has 140 valence electrons. The van der Waals surface area contributed by atoms with Gasteiger partial charge in [0.15, 0.2) is 0 Å². The second kappa shape index (κ2) is 9.06. The number of nitrogens with zero attached hydrogens (tertiary/aromatic N) is 2. The fraction of sp³-hybridized carbons (Fsp3) is 0.222. The molecule has 2 heterocycles. The number of amides is 3. The first-order valence-corrected chi connectivity index (χ1v) is 9.17. The van der Waals surface area contributed by atoms with E-state index in [1.807, 2.05) is 17.5 Å². The van der Waals surface area contributed by atoms with Crippen LogP contribution in [0.25, 0.3) is 0 Å². The van der Waals surface area contributed by atoms with E-state index in [4.69, 9.17) is 4.74 Å². The largest absolute Gasteiger partial charge is 0.378 e. The van der Waals surface area contributed by atoms with Crippen molar-refractivity contribution in [2.45, 2.75) is 0 Å². The molecule has 0 saturated carbocycles. The molecular weight excluding hydrogens is 368 g/mol. The summed E-state index contributed by atoms with van der Waals surface area (Å²) in [4.78, 5) is 39.2. The van der Waals surface area contributed by atoms with Gasteiger partial charge in [0.2, 0.25) is 0 Å². The summed E-state index contributed by atoms with van der Waals surface area (Å²) in [6, 6.07) is 10.2. The molecule has 3 amide bonds. The molecule has 8 nitrogen and oxygen atoms in total. The number of para-hydroxylation sites is 1. The van der Waals surface area contributed by atoms with Gasteiger partial charge in [-0.15, -0.1) is 11.3 Å². The lowest BCUT2D eigenvalue weighted by molar-refractivity contribution is -0.136. The molecule has 1 aliphatic rings. The first-order valence-electron chi connectivity index (χ1n) is 8.29. The number of carbonyl (C=O) groups is 3. The number of anilines is 1. The van der Waals surface area contributed by atoms with Crippen LogP contribution in [0.15, 0.2) is 46.9 Å². The van der Waals surface area contributed by atoms with Crippen LogP contribution in [0.4, 0.5) is 5.69 Å². The predicted octanol–water partition coefficient (Wildman–Crippen LogP) is 1.31. The van der Waals surface area contributed by atoms with Crippen LogP contribution in [0, 0.1) is 0 Å². The number of benzene rings is 1. The normalized spacial score (nSPS) is 14.1. The molecule has 27 heavy (non-hydrogen) atoms. The molecule has 1 fully saturated rings. The standard InChI is InChI=1S/C18H18N4O4S/c23-16(17(24)21-19-12-13-4-3-11-27-13)20-15-6-2-1-5-14(15)18(25)22-7-9-26-10-8-22/h1-6,11-12H,7-10H2,(H,20,23)(H,21,24)/b19-12+. The highest BCUT2D eigenvalue weighted by molar-refractivity contribution is 7.11. The van der Waals surface area contributed by atoms with Gasteiger partial charge < -0.3 is 15.0 Å². The quantitative estimate of drug-likeness (QED) is 0.470. The van der Waals surface area contributed by atoms with Gasteiger partial charge in [-0.25, -0.2) is 5.43 Å². The van der Waals surface area contributed by atoms with Crippen molar-refractivity contribution in [1.82, 2.24) is 10.3 Å². The van der Waals surface area contributed by atoms with Crippen LogP contribution in [-0.4, -0.2) is 55.1 Å². The molecule has 1 aliphatic heterocycles. The SMILES string of the molecule is O=C(N/N=C/c1cccs1)C(=O)Nc1ccccc1C(=O)N1CCOCC1. The lowest BCUT2D eigenvalue weighted by Crippen LogP contribution is -2.41. The van der Waals surface area contributed by atoms with E-state index in [0.29, 0.717) is 31.9 Å². The Balaban J connectivity index is 1.63. The van der Waals surface area contributed by atoms with Crippen molar-refractivity contribution < 1.29 is 19.1 Å². The average Bonchev–Trinajstić information content (AvgIpc) is 3.22. The van der Waals surface area contributed by atoms with E-state index in [-0.39, 0.29) is 11.6 Å². The predicted molar refractivity (Wildman–Crippen MR) is 102 cm³/mol. The number of morpholine rings is 1. The summed E-state index contributed by atoms with van der Waals surface area (Å²) in [5.74, 6) is -2.04. The summed E-state index contributed by atoms with van der Waals surface area (Å²) in [6.45, 7) is 1.92. The zero-order valence-corrected chi connectivity index (χ0v) is 15.2. The van der Waals surface area contributed by atoms with Crippen molar-refractivity contribution in [3.63, 3.8) is 0 Å². The smallest absolute Gasteiger partial charge is 0.329 e. The van der Waals surface area contributed by atoms with Gasteiger partial charge in [-0.05, 0) is 23.6 Å². The highest BCUT2D eigenvalue weighted by atomic mass is 32.1. The fourth-order valence-corrected chi connectivity index (χ4v) is 3.05. The molecule has 0 radical (unpaired) electrons. The van der Waals surface area contributed by atoms with Crippen molar-refractivity contribution in [3.8, 4) is 0 Å². The van der Waals surface area contributed by atoms with E-state index in [1.54, 1.807) is 29.2 Å². The van der Waals surface area contributed by atoms with Crippen LogP contribution in [0.3, 0.4) is 0 Å². The molecule has 2 N–H and O–H groups in total. The number of nitrogens with one attached hydrogen (secondary N) is 2. The third-order valence-corrected chi connectivity index (χ3v) is 4.62. The molecule has 9 heteroatoms. The summed E-state index contributed by atoms with van der Waals surface area (Å²) >= 11 is 1.45. The van der Waals surface area contributed by atoms with E-state index in [1.165, 1.54) is 17.6 Å². The van der Waals surface area contributed by atoms with Crippen LogP contribution >= 0.6 is 11.3 Å². The number of hydrogen-bond donors (Lipinski definition) is 2. The summed E-state index contributed by atoms with van der Waals surface area (Å²) in [7, 11) is 0. The third-order valence-electron chi connectivity index (χ3n) is 3.81. The minimum atomic E-state index is -0.920. The minimum absolute atomic E-state index is 0.217. The summed E-state index contributed by atoms with van der Waals surface area (Å²) in [6.07, 6.45) is 1.45. The van der Waals surface area contributed by atoms with Crippen molar-refractivity contribution in [3.05, 3.63) is 52.2 Å². The molecule has 0 atom stereocenters. The molecule has 1 aromatic carbocycles. The second-order valence-electron chi connectivity index (χ2n) is 5.62. The van der Waals surface area contributed by atoms with Gasteiger partial charge in [-0.3, -0.25) is 14.4 Å². The lowest BCUT2D eigenvalue weighted by Gasteiger charge is -2.27. The number of hydrogen-bond acceptors (Lipinski definition) is 6. The Morgan fingerprint density at radius 1 is 1.07 bits per heavy atom. The van der Waals surface area contributed by atoms with Crippen molar-refractivity contribution >= 4 is 41.0 Å². The van der Waals surface area contributed by atoms with E-state index >= 15 is 0 Å². The van der Waals surface area contributed by atoms with Gasteiger partial charge in [-0.2, -0.15) is 5.10 Å². The van der Waals surface area contributed by atoms with Gasteiger partial charge in [0.05, 0.1) is 30.7 Å². The van der Waals surface area contributed by atoms with Crippen molar-refractivity contribution in [2.75, 3.05) is 31.6 Å². The molecule has 2 aromatic rings. The second-order valence-corrected chi connectivity index (χ2v) is 6.60. The first kappa shape index (κ1) is 18.7. The van der Waals surface area contributed by atoms with Gasteiger partial charge in [0.1, 0.15) is 0 Å². The number of carbonyl (C=O) groups excluding carboxylic acids is 3. The summed E-state index contributed by atoms with van der Waals surface area (Å²) in [5.41, 5.74) is 2.76. The van der Waals surface area contributed by atoms with Crippen LogP contribution in [-0.2, 0) is 14.3 Å². The van der Waals surface area contributed by atoms with Crippen molar-refractivity contribution in [1.29, 1.82) is 0 Å². The molecule has 0 aliphatic carbocycles. The Bertz CT molecular complexity index is 845. The van der Waals surface area contributed by atoms with E-state index in [2.05, 4.69) is 15.8 Å². The molecular formula is C18H18N4O4S. The van der Waals surface area contributed by atoms with Crippen LogP contribution < -0.4 is 10.7 Å². The summed E-state index contributed by atoms with van der Waals surface area (Å²) in [5, 5.41) is 8.09. The van der Waals surface area contributed by atoms with Crippen molar-refractivity contribution in [2.24, 2.45) is 5.10 Å². The molecule has 1 saturated heterocycles. The van der Waals surface area contributed by atoms with Crippen LogP contribution in [0.5, 0.6) is 0 Å². The van der Waals surface area contributed by atoms with Gasteiger partial charge in [0, 0.05) is 18.0 Å². The number of hydrazone groups is 1. The topological polar surface area (TPSA) is 100 Å². The Labute approximate surface area is 159 Å². The van der Waals surface area contributed by atoms with E-state index < -0.39 is 11.8 Å². The highest BCUT2D eigenvalue weighted by Crippen LogP contribution is 2.18. The molecule has 0 spiro atoms. The Kier molecular flexibility index (Phi) is 6.29. The molecule has 1 aromatic heterocycles. The zero-order chi connectivity index (χ0) is 19.1. The highest BCUT2D eigenvalue weighted by Gasteiger charge is 2.22. The Morgan fingerprint density at radius 3 is 2.59 bits per heavy atom. The number of rotatable bonds is 4. The molecule has 0 bridgehead atoms. The molecule has 3 rings (SSSR count). The first-order chi connectivity index (χ1) is 13.1. The van der Waals surface area contributed by atoms with Gasteiger partial charge >= 0.3 is 11.8 Å². The fourth-order valence-electron chi connectivity index (χ4n) is 2.46. The zero-order valence-electron chi connectivity index (χ0n) is 14.4. The Hall–Kier alpha value is -3.04. The monoisotopic (exact) mass is 386 g/mol. The maximum Gasteiger partial charge on any atom is 0.329 e. The number of thiophene rings is 1. The third kappa shape index (κ3) is 4.99. The maximum absolute atomic E-state index is 12.7.